The molecule has 1 N–H and O–H groups in total. The largest absolute Gasteiger partial charge is 0.493 e. The highest BCUT2D eigenvalue weighted by atomic mass is 79.9. The molecule has 0 spiro atoms. The number of ether oxygens (including phenoxy) is 3. The number of anilines is 1. The summed E-state index contributed by atoms with van der Waals surface area (Å²) < 4.78 is 18.2. The van der Waals surface area contributed by atoms with Crippen molar-refractivity contribution in [3.8, 4) is 17.2 Å². The van der Waals surface area contributed by atoms with Crippen LogP contribution < -0.4 is 24.4 Å². The number of imide groups is 2. The maximum atomic E-state index is 13.5. The zero-order chi connectivity index (χ0) is 32.2. The van der Waals surface area contributed by atoms with Gasteiger partial charge in [-0.25, -0.2) is 9.69 Å². The van der Waals surface area contributed by atoms with Crippen molar-refractivity contribution in [2.75, 3.05) is 12.0 Å². The van der Waals surface area contributed by atoms with Gasteiger partial charge in [0.2, 0.25) is 0 Å². The second-order valence-corrected chi connectivity index (χ2v) is 11.6. The van der Waals surface area contributed by atoms with Crippen molar-refractivity contribution in [1.82, 2.24) is 5.32 Å². The summed E-state index contributed by atoms with van der Waals surface area (Å²) in [6.45, 7) is 0.604. The third-order valence-electron chi connectivity index (χ3n) is 7.33. The van der Waals surface area contributed by atoms with Gasteiger partial charge in [0.05, 0.1) is 17.3 Å². The van der Waals surface area contributed by atoms with Crippen LogP contribution in [0.5, 0.6) is 17.2 Å². The summed E-state index contributed by atoms with van der Waals surface area (Å²) in [5.74, 6) is -0.176. The molecule has 10 heteroatoms. The molecule has 0 atom stereocenters. The summed E-state index contributed by atoms with van der Waals surface area (Å²) in [4.78, 5) is 40.0. The zero-order valence-electron chi connectivity index (χ0n) is 24.5. The molecule has 230 valence electrons. The number of urea groups is 1. The van der Waals surface area contributed by atoms with Crippen LogP contribution in [0.1, 0.15) is 16.7 Å². The second kappa shape index (κ2) is 13.5. The smallest absolute Gasteiger partial charge is 0.335 e. The van der Waals surface area contributed by atoms with Crippen LogP contribution in [0.2, 0.25) is 5.02 Å². The lowest BCUT2D eigenvalue weighted by Gasteiger charge is -2.26. The predicted octanol–water partition coefficient (Wildman–Crippen LogP) is 8.09. The van der Waals surface area contributed by atoms with Crippen LogP contribution in [0.15, 0.2) is 113 Å². The van der Waals surface area contributed by atoms with Gasteiger partial charge in [0.15, 0.2) is 11.5 Å². The summed E-state index contributed by atoms with van der Waals surface area (Å²) >= 11 is 9.49. The second-order valence-electron chi connectivity index (χ2n) is 10.3. The summed E-state index contributed by atoms with van der Waals surface area (Å²) in [5.41, 5.74) is 2.48. The zero-order valence-corrected chi connectivity index (χ0v) is 26.8. The molecule has 0 aliphatic carbocycles. The third-order valence-corrected chi connectivity index (χ3v) is 8.17. The van der Waals surface area contributed by atoms with Crippen molar-refractivity contribution in [2.45, 2.75) is 13.2 Å². The molecule has 0 aromatic heterocycles. The number of hydrogen-bond donors (Lipinski definition) is 1. The van der Waals surface area contributed by atoms with Crippen molar-refractivity contribution in [3.05, 3.63) is 135 Å². The lowest BCUT2D eigenvalue weighted by Crippen LogP contribution is -2.54. The Labute approximate surface area is 278 Å². The Morgan fingerprint density at radius 2 is 1.59 bits per heavy atom. The van der Waals surface area contributed by atoms with E-state index in [2.05, 4.69) is 21.2 Å². The number of benzene rings is 5. The van der Waals surface area contributed by atoms with E-state index in [4.69, 9.17) is 25.8 Å². The normalized spacial score (nSPS) is 14.0. The number of fused-ring (bicyclic) bond motifs is 1. The minimum absolute atomic E-state index is 0.221. The van der Waals surface area contributed by atoms with Crippen LogP contribution in [0.4, 0.5) is 10.5 Å². The molecule has 46 heavy (non-hydrogen) atoms. The number of hydrogen-bond acceptors (Lipinski definition) is 6. The van der Waals surface area contributed by atoms with Gasteiger partial charge < -0.3 is 14.2 Å². The molecule has 8 nitrogen and oxygen atoms in total. The monoisotopic (exact) mass is 696 g/mol. The number of rotatable bonds is 9. The van der Waals surface area contributed by atoms with E-state index < -0.39 is 17.8 Å². The van der Waals surface area contributed by atoms with Gasteiger partial charge in [-0.1, -0.05) is 66.2 Å². The minimum atomic E-state index is -0.849. The van der Waals surface area contributed by atoms with Crippen LogP contribution >= 0.6 is 27.5 Å². The fraction of sp³-hybridized carbons (Fsp3) is 0.0833. The van der Waals surface area contributed by atoms with E-state index in [9.17, 15) is 14.4 Å². The van der Waals surface area contributed by atoms with E-state index in [-0.39, 0.29) is 11.3 Å². The Kier molecular flexibility index (Phi) is 9.05. The lowest BCUT2D eigenvalue weighted by atomic mass is 10.1. The first-order valence-electron chi connectivity index (χ1n) is 14.2. The number of nitrogens with one attached hydrogen (secondary N) is 1. The maximum absolute atomic E-state index is 13.5. The van der Waals surface area contributed by atoms with Gasteiger partial charge in [-0.2, -0.15) is 0 Å². The minimum Gasteiger partial charge on any atom is -0.493 e. The van der Waals surface area contributed by atoms with E-state index in [0.29, 0.717) is 45.5 Å². The van der Waals surface area contributed by atoms with Crippen LogP contribution in [0, 0.1) is 0 Å². The van der Waals surface area contributed by atoms with Crippen LogP contribution in [0.25, 0.3) is 16.8 Å². The Morgan fingerprint density at radius 1 is 0.848 bits per heavy atom. The van der Waals surface area contributed by atoms with Gasteiger partial charge in [0.1, 0.15) is 24.5 Å². The number of amides is 4. The van der Waals surface area contributed by atoms with E-state index in [1.54, 1.807) is 48.5 Å². The average molecular weight is 698 g/mol. The summed E-state index contributed by atoms with van der Waals surface area (Å²) in [7, 11) is 1.51. The average Bonchev–Trinajstić information content (AvgIpc) is 3.06. The van der Waals surface area contributed by atoms with Gasteiger partial charge in [-0.15, -0.1) is 0 Å². The van der Waals surface area contributed by atoms with Gasteiger partial charge in [-0.3, -0.25) is 14.9 Å². The molecule has 1 heterocycles. The molecule has 5 aromatic rings. The van der Waals surface area contributed by atoms with Crippen LogP contribution in [-0.2, 0) is 22.8 Å². The molecule has 1 aliphatic heterocycles. The van der Waals surface area contributed by atoms with Gasteiger partial charge in [0.25, 0.3) is 11.8 Å². The highest BCUT2D eigenvalue weighted by molar-refractivity contribution is 9.10. The van der Waals surface area contributed by atoms with Crippen LogP contribution in [-0.4, -0.2) is 25.0 Å². The van der Waals surface area contributed by atoms with E-state index in [0.717, 1.165) is 26.8 Å². The molecule has 0 saturated carbocycles. The van der Waals surface area contributed by atoms with Gasteiger partial charge >= 0.3 is 6.03 Å². The van der Waals surface area contributed by atoms with Crippen molar-refractivity contribution in [2.24, 2.45) is 0 Å². The molecule has 1 fully saturated rings. The Balaban J connectivity index is 1.20. The summed E-state index contributed by atoms with van der Waals surface area (Å²) in [6, 6.07) is 30.3. The topological polar surface area (TPSA) is 94.2 Å². The van der Waals surface area contributed by atoms with Crippen LogP contribution in [0.3, 0.4) is 0 Å². The fourth-order valence-corrected chi connectivity index (χ4v) is 5.73. The first-order chi connectivity index (χ1) is 22.3. The molecule has 6 rings (SSSR count). The molecule has 1 saturated heterocycles. The molecule has 0 bridgehead atoms. The number of barbiturate groups is 1. The van der Waals surface area contributed by atoms with Crippen molar-refractivity contribution >= 4 is 67.9 Å². The first-order valence-corrected chi connectivity index (χ1v) is 15.3. The van der Waals surface area contributed by atoms with E-state index in [1.165, 1.54) is 13.2 Å². The third kappa shape index (κ3) is 6.61. The standard InChI is InChI=1S/C36H26BrClN2O6/c1-44-32-19-23(18-31(37)33(32)46-21-25-7-4-6-24-5-2-3-8-29(24)25)17-30-34(41)39-36(43)40(35(30)42)27-13-15-28(16-14-27)45-20-22-9-11-26(38)12-10-22/h2-19H,20-21H2,1H3,(H,39,41,43)/b30-17+. The fourth-order valence-electron chi connectivity index (χ4n) is 5.03. The number of halogens is 2. The molecule has 5 aromatic carbocycles. The molecule has 0 radical (unpaired) electrons. The number of carbonyl (C=O) groups is 3. The molecule has 4 amide bonds. The predicted molar refractivity (Wildman–Crippen MR) is 180 cm³/mol. The number of carbonyl (C=O) groups excluding carboxylic acids is 3. The lowest BCUT2D eigenvalue weighted by molar-refractivity contribution is -0.122. The van der Waals surface area contributed by atoms with Gasteiger partial charge in [0, 0.05) is 5.02 Å². The SMILES string of the molecule is COc1cc(/C=C2\C(=O)NC(=O)N(c3ccc(OCc4ccc(Cl)cc4)cc3)C2=O)cc(Br)c1OCc1cccc2ccccc12. The number of nitrogens with zero attached hydrogens (tertiary/aromatic N) is 1. The van der Waals surface area contributed by atoms with Gasteiger partial charge in [-0.05, 0) is 98.0 Å². The quantitative estimate of drug-likeness (QED) is 0.124. The highest BCUT2D eigenvalue weighted by Gasteiger charge is 2.37. The number of methoxy groups -OCH3 is 1. The molecule has 0 unspecified atom stereocenters. The highest BCUT2D eigenvalue weighted by Crippen LogP contribution is 2.38. The molecular formula is C36H26BrClN2O6. The van der Waals surface area contributed by atoms with Crippen molar-refractivity contribution in [1.29, 1.82) is 0 Å². The molecule has 1 aliphatic rings. The first kappa shape index (κ1) is 30.9. The Bertz CT molecular complexity index is 1990. The summed E-state index contributed by atoms with van der Waals surface area (Å²) in [5, 5.41) is 5.08. The summed E-state index contributed by atoms with van der Waals surface area (Å²) in [6.07, 6.45) is 1.41. The maximum Gasteiger partial charge on any atom is 0.335 e. The van der Waals surface area contributed by atoms with E-state index >= 15 is 0 Å². The Hall–Kier alpha value is -5.12. The molecular weight excluding hydrogens is 672 g/mol. The van der Waals surface area contributed by atoms with Crippen molar-refractivity contribution in [3.63, 3.8) is 0 Å². The van der Waals surface area contributed by atoms with E-state index in [1.807, 2.05) is 54.6 Å². The Morgan fingerprint density at radius 3 is 2.35 bits per heavy atom. The van der Waals surface area contributed by atoms with Crippen molar-refractivity contribution < 1.29 is 28.6 Å².